The monoisotopic (exact) mass is 532 g/mol. The Morgan fingerprint density at radius 3 is 2.53 bits per heavy atom. The van der Waals surface area contributed by atoms with Gasteiger partial charge in [0.25, 0.3) is 0 Å². The zero-order valence-corrected chi connectivity index (χ0v) is 21.0. The molecule has 2 aromatic heterocycles. The minimum absolute atomic E-state index is 0.374. The number of hydrogen-bond donors (Lipinski definition) is 1. The van der Waals surface area contributed by atoms with Gasteiger partial charge in [-0.15, -0.1) is 10.2 Å². The number of nitrogens with one attached hydrogen (secondary N) is 1. The topological polar surface area (TPSA) is 73.1 Å². The maximum Gasteiger partial charge on any atom is 0.247 e. The number of nitrogens with zero attached hydrogens (tertiary/aromatic N) is 3. The summed E-state index contributed by atoms with van der Waals surface area (Å²) < 4.78 is 12.5. The van der Waals surface area contributed by atoms with Crippen molar-refractivity contribution in [3.8, 4) is 28.5 Å². The van der Waals surface area contributed by atoms with Crippen LogP contribution in [0.3, 0.4) is 0 Å². The normalized spacial score (nSPS) is 14.2. The lowest BCUT2D eigenvalue weighted by Crippen LogP contribution is -2.16. The van der Waals surface area contributed by atoms with E-state index in [0.717, 1.165) is 22.4 Å². The van der Waals surface area contributed by atoms with Gasteiger partial charge in [-0.1, -0.05) is 71.4 Å². The van der Waals surface area contributed by atoms with E-state index in [2.05, 4.69) is 15.5 Å². The van der Waals surface area contributed by atoms with E-state index in [1.807, 2.05) is 84.9 Å². The molecule has 178 valence electrons. The standard InChI is InChI=1S/C27H18Cl2N4O2S/c28-18-11-9-16(10-12-18)22-13-14-23(34-22)25-30-21-8-4-2-6-19(21)24-26(35-25)31-27(33-32-24)36-15-17-5-1-3-7-20(17)29/h1-14,25,30H,15H2/t25-/m1/s1. The fourth-order valence-electron chi connectivity index (χ4n) is 3.86. The Bertz CT molecular complexity index is 1540. The Morgan fingerprint density at radius 2 is 1.67 bits per heavy atom. The summed E-state index contributed by atoms with van der Waals surface area (Å²) in [5.41, 5.74) is 4.17. The smallest absolute Gasteiger partial charge is 0.247 e. The van der Waals surface area contributed by atoms with Gasteiger partial charge in [-0.3, -0.25) is 0 Å². The molecule has 0 unspecified atom stereocenters. The summed E-state index contributed by atoms with van der Waals surface area (Å²) in [7, 11) is 0. The number of furan rings is 1. The van der Waals surface area contributed by atoms with Gasteiger partial charge in [-0.05, 0) is 54.1 Å². The number of benzene rings is 3. The largest absolute Gasteiger partial charge is 0.455 e. The SMILES string of the molecule is Clc1ccc(-c2ccc([C@@H]3Nc4ccccc4-c4nnc(SCc5ccccc5Cl)nc4O3)o2)cc1. The van der Waals surface area contributed by atoms with Gasteiger partial charge in [0.2, 0.25) is 17.3 Å². The molecule has 6 rings (SSSR count). The minimum atomic E-state index is -0.619. The summed E-state index contributed by atoms with van der Waals surface area (Å²) in [6.07, 6.45) is -0.619. The number of halogens is 2. The van der Waals surface area contributed by atoms with E-state index in [1.165, 1.54) is 11.8 Å². The first-order chi connectivity index (χ1) is 17.6. The highest BCUT2D eigenvalue weighted by atomic mass is 35.5. The first-order valence-corrected chi connectivity index (χ1v) is 12.9. The van der Waals surface area contributed by atoms with E-state index in [1.54, 1.807) is 0 Å². The van der Waals surface area contributed by atoms with E-state index >= 15 is 0 Å². The van der Waals surface area contributed by atoms with Crippen LogP contribution in [0.25, 0.3) is 22.6 Å². The number of anilines is 1. The van der Waals surface area contributed by atoms with E-state index in [9.17, 15) is 0 Å². The Hall–Kier alpha value is -3.52. The Kier molecular flexibility index (Phi) is 6.27. The summed E-state index contributed by atoms with van der Waals surface area (Å²) >= 11 is 13.8. The predicted octanol–water partition coefficient (Wildman–Crippen LogP) is 7.90. The summed E-state index contributed by atoms with van der Waals surface area (Å²) in [4.78, 5) is 4.70. The van der Waals surface area contributed by atoms with Gasteiger partial charge in [0.15, 0.2) is 11.5 Å². The maximum atomic E-state index is 6.33. The highest BCUT2D eigenvalue weighted by molar-refractivity contribution is 7.98. The fourth-order valence-corrected chi connectivity index (χ4v) is 5.05. The van der Waals surface area contributed by atoms with E-state index in [0.29, 0.717) is 44.0 Å². The van der Waals surface area contributed by atoms with Crippen LogP contribution >= 0.6 is 35.0 Å². The van der Waals surface area contributed by atoms with Crippen molar-refractivity contribution in [2.24, 2.45) is 0 Å². The molecule has 1 N–H and O–H groups in total. The van der Waals surface area contributed by atoms with Gasteiger partial charge in [0.05, 0.1) is 0 Å². The lowest BCUT2D eigenvalue weighted by molar-refractivity contribution is 0.196. The molecule has 3 heterocycles. The van der Waals surface area contributed by atoms with Crippen molar-refractivity contribution in [3.63, 3.8) is 0 Å². The summed E-state index contributed by atoms with van der Waals surface area (Å²) in [5.74, 6) is 2.30. The number of fused-ring (bicyclic) bond motifs is 3. The highest BCUT2D eigenvalue weighted by Gasteiger charge is 2.28. The Balaban J connectivity index is 1.32. The molecule has 1 atom stereocenters. The van der Waals surface area contributed by atoms with Crippen molar-refractivity contribution < 1.29 is 9.15 Å². The fraction of sp³-hybridized carbons (Fsp3) is 0.0741. The molecule has 0 amide bonds. The van der Waals surface area contributed by atoms with Crippen molar-refractivity contribution >= 4 is 40.7 Å². The highest BCUT2D eigenvalue weighted by Crippen LogP contribution is 2.40. The first kappa shape index (κ1) is 22.9. The molecule has 0 saturated carbocycles. The van der Waals surface area contributed by atoms with Gasteiger partial charge in [-0.25, -0.2) is 0 Å². The molecule has 1 aliphatic rings. The number of hydrogen-bond acceptors (Lipinski definition) is 7. The van der Waals surface area contributed by atoms with E-state index in [4.69, 9.17) is 37.3 Å². The number of ether oxygens (including phenoxy) is 1. The van der Waals surface area contributed by atoms with Crippen molar-refractivity contribution in [1.82, 2.24) is 15.2 Å². The van der Waals surface area contributed by atoms with Crippen molar-refractivity contribution in [3.05, 3.63) is 106 Å². The second kappa shape index (κ2) is 9.85. The van der Waals surface area contributed by atoms with Crippen LogP contribution in [0.1, 0.15) is 17.6 Å². The molecule has 0 aliphatic carbocycles. The minimum Gasteiger partial charge on any atom is -0.455 e. The molecule has 0 spiro atoms. The van der Waals surface area contributed by atoms with Crippen molar-refractivity contribution in [2.45, 2.75) is 17.1 Å². The molecule has 0 bridgehead atoms. The third kappa shape index (κ3) is 4.65. The van der Waals surface area contributed by atoms with Gasteiger partial charge in [-0.2, -0.15) is 4.98 Å². The Labute approximate surface area is 221 Å². The number of para-hydroxylation sites is 1. The van der Waals surface area contributed by atoms with Crippen LogP contribution in [0.5, 0.6) is 5.88 Å². The van der Waals surface area contributed by atoms with Gasteiger partial charge < -0.3 is 14.5 Å². The van der Waals surface area contributed by atoms with Crippen LogP contribution in [0.4, 0.5) is 5.69 Å². The average molecular weight is 533 g/mol. The van der Waals surface area contributed by atoms with Crippen LogP contribution in [0, 0.1) is 0 Å². The van der Waals surface area contributed by atoms with Crippen molar-refractivity contribution in [2.75, 3.05) is 5.32 Å². The molecule has 6 nitrogen and oxygen atoms in total. The molecule has 9 heteroatoms. The zero-order chi connectivity index (χ0) is 24.5. The second-order valence-corrected chi connectivity index (χ2v) is 9.81. The zero-order valence-electron chi connectivity index (χ0n) is 18.7. The molecular weight excluding hydrogens is 515 g/mol. The molecule has 1 aliphatic heterocycles. The van der Waals surface area contributed by atoms with Gasteiger partial charge in [0.1, 0.15) is 5.76 Å². The lowest BCUT2D eigenvalue weighted by atomic mass is 10.1. The van der Waals surface area contributed by atoms with E-state index < -0.39 is 6.23 Å². The molecule has 0 fully saturated rings. The molecular formula is C27H18Cl2N4O2S. The lowest BCUT2D eigenvalue weighted by Gasteiger charge is -2.16. The quantitative estimate of drug-likeness (QED) is 0.230. The number of thioether (sulfide) groups is 1. The summed E-state index contributed by atoms with van der Waals surface area (Å²) in [6, 6.07) is 26.8. The third-order valence-electron chi connectivity index (χ3n) is 5.66. The van der Waals surface area contributed by atoms with Crippen LogP contribution in [-0.4, -0.2) is 15.2 Å². The predicted molar refractivity (Wildman–Crippen MR) is 142 cm³/mol. The van der Waals surface area contributed by atoms with Gasteiger partial charge >= 0.3 is 0 Å². The summed E-state index contributed by atoms with van der Waals surface area (Å²) in [6.45, 7) is 0. The van der Waals surface area contributed by atoms with Crippen LogP contribution in [-0.2, 0) is 5.75 Å². The molecule has 5 aromatic rings. The molecule has 36 heavy (non-hydrogen) atoms. The molecule has 0 radical (unpaired) electrons. The summed E-state index contributed by atoms with van der Waals surface area (Å²) in [5, 5.41) is 14.1. The second-order valence-electron chi connectivity index (χ2n) is 8.02. The van der Waals surface area contributed by atoms with Crippen LogP contribution in [0.15, 0.2) is 94.5 Å². The van der Waals surface area contributed by atoms with Gasteiger partial charge in [0, 0.05) is 32.6 Å². The molecule has 3 aromatic carbocycles. The van der Waals surface area contributed by atoms with E-state index in [-0.39, 0.29) is 0 Å². The Morgan fingerprint density at radius 1 is 0.861 bits per heavy atom. The number of aromatic nitrogens is 3. The molecule has 0 saturated heterocycles. The number of rotatable bonds is 5. The van der Waals surface area contributed by atoms with Crippen molar-refractivity contribution in [1.29, 1.82) is 0 Å². The van der Waals surface area contributed by atoms with Crippen LogP contribution < -0.4 is 10.1 Å². The first-order valence-electron chi connectivity index (χ1n) is 11.1. The third-order valence-corrected chi connectivity index (χ3v) is 7.17. The maximum absolute atomic E-state index is 6.33. The van der Waals surface area contributed by atoms with Crippen LogP contribution in [0.2, 0.25) is 10.0 Å². The average Bonchev–Trinajstić information content (AvgIpc) is 3.33.